The van der Waals surface area contributed by atoms with Crippen LogP contribution in [0.15, 0.2) is 42.5 Å². The van der Waals surface area contributed by atoms with Gasteiger partial charge in [0.15, 0.2) is 0 Å². The lowest BCUT2D eigenvalue weighted by atomic mass is 10.0. The predicted octanol–water partition coefficient (Wildman–Crippen LogP) is 4.32. The van der Waals surface area contributed by atoms with Gasteiger partial charge in [0.05, 0.1) is 6.42 Å². The van der Waals surface area contributed by atoms with Crippen LogP contribution in [0.3, 0.4) is 0 Å². The van der Waals surface area contributed by atoms with Crippen molar-refractivity contribution in [3.05, 3.63) is 70.5 Å². The fraction of sp³-hybridized carbons (Fsp3) is 0.417. The molecule has 2 atom stereocenters. The van der Waals surface area contributed by atoms with Crippen molar-refractivity contribution in [3.8, 4) is 0 Å². The summed E-state index contributed by atoms with van der Waals surface area (Å²) in [6, 6.07) is 11.5. The zero-order chi connectivity index (χ0) is 21.6. The maximum Gasteiger partial charge on any atom is 0.242 e. The largest absolute Gasteiger partial charge is 0.352 e. The number of nitrogens with zero attached hydrogens (tertiary/aromatic N) is 1. The van der Waals surface area contributed by atoms with Gasteiger partial charge in [0.25, 0.3) is 0 Å². The van der Waals surface area contributed by atoms with Crippen LogP contribution in [0.5, 0.6) is 0 Å². The summed E-state index contributed by atoms with van der Waals surface area (Å²) in [7, 11) is 0. The molecular formula is C24H31FN2O2. The van der Waals surface area contributed by atoms with Crippen molar-refractivity contribution >= 4 is 11.8 Å². The van der Waals surface area contributed by atoms with Crippen molar-refractivity contribution in [2.24, 2.45) is 0 Å². The fourth-order valence-corrected chi connectivity index (χ4v) is 3.28. The van der Waals surface area contributed by atoms with Gasteiger partial charge in [-0.3, -0.25) is 9.59 Å². The molecule has 0 aliphatic carbocycles. The third kappa shape index (κ3) is 6.70. The highest BCUT2D eigenvalue weighted by Crippen LogP contribution is 2.15. The highest BCUT2D eigenvalue weighted by atomic mass is 19.1. The van der Waals surface area contributed by atoms with Crippen LogP contribution in [0.4, 0.5) is 4.39 Å². The summed E-state index contributed by atoms with van der Waals surface area (Å²) >= 11 is 0. The zero-order valence-electron chi connectivity index (χ0n) is 18.0. The first-order valence-electron chi connectivity index (χ1n) is 10.1. The Morgan fingerprint density at radius 2 is 1.59 bits per heavy atom. The number of halogens is 1. The number of benzene rings is 2. The summed E-state index contributed by atoms with van der Waals surface area (Å²) in [6.07, 6.45) is 1.03. The normalized spacial score (nSPS) is 12.9. The monoisotopic (exact) mass is 398 g/mol. The summed E-state index contributed by atoms with van der Waals surface area (Å²) in [5, 5.41) is 2.95. The SMILES string of the molecule is CC[C@@H](C)NC(=O)[C@H](C)N(Cc1ccc(F)cc1)C(=O)Cc1cc(C)cc(C)c1. The summed E-state index contributed by atoms with van der Waals surface area (Å²) in [5.41, 5.74) is 3.90. The van der Waals surface area contributed by atoms with Crippen LogP contribution in [0, 0.1) is 19.7 Å². The van der Waals surface area contributed by atoms with Crippen LogP contribution in [0.25, 0.3) is 0 Å². The molecule has 2 aromatic carbocycles. The lowest BCUT2D eigenvalue weighted by Crippen LogP contribution is -2.49. The van der Waals surface area contributed by atoms with Gasteiger partial charge in [0.2, 0.25) is 11.8 Å². The molecule has 0 aromatic heterocycles. The number of nitrogens with one attached hydrogen (secondary N) is 1. The molecule has 4 nitrogen and oxygen atoms in total. The third-order valence-corrected chi connectivity index (χ3v) is 5.07. The van der Waals surface area contributed by atoms with Gasteiger partial charge in [-0.2, -0.15) is 0 Å². The molecule has 0 aliphatic heterocycles. The Morgan fingerprint density at radius 1 is 1.00 bits per heavy atom. The third-order valence-electron chi connectivity index (χ3n) is 5.07. The van der Waals surface area contributed by atoms with Crippen molar-refractivity contribution in [3.63, 3.8) is 0 Å². The minimum absolute atomic E-state index is 0.0344. The molecule has 5 heteroatoms. The lowest BCUT2D eigenvalue weighted by molar-refractivity contribution is -0.140. The topological polar surface area (TPSA) is 49.4 Å². The minimum atomic E-state index is -0.632. The number of hydrogen-bond acceptors (Lipinski definition) is 2. The molecule has 0 saturated heterocycles. The van der Waals surface area contributed by atoms with E-state index in [2.05, 4.69) is 11.4 Å². The quantitative estimate of drug-likeness (QED) is 0.720. The molecule has 156 valence electrons. The van der Waals surface area contributed by atoms with Gasteiger partial charge in [-0.15, -0.1) is 0 Å². The van der Waals surface area contributed by atoms with Crippen LogP contribution in [0.2, 0.25) is 0 Å². The molecule has 0 fully saturated rings. The lowest BCUT2D eigenvalue weighted by Gasteiger charge is -2.30. The number of hydrogen-bond donors (Lipinski definition) is 1. The van der Waals surface area contributed by atoms with Crippen molar-refractivity contribution < 1.29 is 14.0 Å². The summed E-state index contributed by atoms with van der Waals surface area (Å²) in [5.74, 6) is -0.647. The first kappa shape index (κ1) is 22.6. The van der Waals surface area contributed by atoms with Crippen LogP contribution >= 0.6 is 0 Å². The average Bonchev–Trinajstić information content (AvgIpc) is 2.65. The van der Waals surface area contributed by atoms with Gasteiger partial charge >= 0.3 is 0 Å². The molecule has 2 rings (SSSR count). The Labute approximate surface area is 173 Å². The van der Waals surface area contributed by atoms with E-state index < -0.39 is 6.04 Å². The Hall–Kier alpha value is -2.69. The first-order chi connectivity index (χ1) is 13.7. The van der Waals surface area contributed by atoms with Gasteiger partial charge in [-0.05, 0) is 57.4 Å². The van der Waals surface area contributed by atoms with Crippen LogP contribution in [-0.2, 0) is 22.6 Å². The predicted molar refractivity (Wildman–Crippen MR) is 114 cm³/mol. The van der Waals surface area contributed by atoms with E-state index in [9.17, 15) is 14.0 Å². The van der Waals surface area contributed by atoms with Gasteiger partial charge < -0.3 is 10.2 Å². The molecular weight excluding hydrogens is 367 g/mol. The molecule has 0 radical (unpaired) electrons. The van der Waals surface area contributed by atoms with Gasteiger partial charge in [-0.25, -0.2) is 4.39 Å². The van der Waals surface area contributed by atoms with Crippen molar-refractivity contribution in [2.45, 2.75) is 66.1 Å². The molecule has 29 heavy (non-hydrogen) atoms. The van der Waals surface area contributed by atoms with E-state index in [0.29, 0.717) is 0 Å². The van der Waals surface area contributed by atoms with E-state index in [-0.39, 0.29) is 36.6 Å². The highest BCUT2D eigenvalue weighted by molar-refractivity contribution is 5.88. The Kier molecular flexibility index (Phi) is 7.94. The van der Waals surface area contributed by atoms with Crippen molar-refractivity contribution in [1.29, 1.82) is 0 Å². The van der Waals surface area contributed by atoms with Crippen LogP contribution in [-0.4, -0.2) is 28.8 Å². The smallest absolute Gasteiger partial charge is 0.242 e. The molecule has 0 unspecified atom stereocenters. The van der Waals surface area contributed by atoms with E-state index >= 15 is 0 Å². The number of amides is 2. The van der Waals surface area contributed by atoms with Gasteiger partial charge in [0.1, 0.15) is 11.9 Å². The maximum atomic E-state index is 13.3. The molecule has 2 aromatic rings. The zero-order valence-corrected chi connectivity index (χ0v) is 18.0. The molecule has 0 bridgehead atoms. The average molecular weight is 399 g/mol. The maximum absolute atomic E-state index is 13.3. The fourth-order valence-electron chi connectivity index (χ4n) is 3.28. The standard InChI is InChI=1S/C24H31FN2O2/c1-6-18(4)26-24(29)19(5)27(15-20-7-9-22(25)10-8-20)23(28)14-21-12-16(2)11-17(3)13-21/h7-13,18-19H,6,14-15H2,1-5H3,(H,26,29)/t18-,19+/m1/s1. The molecule has 0 spiro atoms. The molecule has 0 aliphatic rings. The first-order valence-corrected chi connectivity index (χ1v) is 10.1. The minimum Gasteiger partial charge on any atom is -0.352 e. The van der Waals surface area contributed by atoms with Crippen molar-refractivity contribution in [2.75, 3.05) is 0 Å². The van der Waals surface area contributed by atoms with E-state index in [1.54, 1.807) is 24.0 Å². The Morgan fingerprint density at radius 3 is 2.14 bits per heavy atom. The summed E-state index contributed by atoms with van der Waals surface area (Å²) in [4.78, 5) is 27.4. The summed E-state index contributed by atoms with van der Waals surface area (Å²) in [6.45, 7) is 9.92. The van der Waals surface area contributed by atoms with Gasteiger partial charge in [0, 0.05) is 12.6 Å². The van der Waals surface area contributed by atoms with Gasteiger partial charge in [-0.1, -0.05) is 48.4 Å². The molecule has 0 heterocycles. The molecule has 0 saturated carbocycles. The second kappa shape index (κ2) is 10.2. The highest BCUT2D eigenvalue weighted by Gasteiger charge is 2.27. The number of carbonyl (C=O) groups excluding carboxylic acids is 2. The van der Waals surface area contributed by atoms with E-state index in [1.807, 2.05) is 39.8 Å². The van der Waals surface area contributed by atoms with Crippen molar-refractivity contribution in [1.82, 2.24) is 10.2 Å². The van der Waals surface area contributed by atoms with Crippen LogP contribution < -0.4 is 5.32 Å². The Balaban J connectivity index is 2.25. The molecule has 2 amide bonds. The second-order valence-electron chi connectivity index (χ2n) is 7.81. The number of rotatable bonds is 8. The van der Waals surface area contributed by atoms with Crippen LogP contribution in [0.1, 0.15) is 49.4 Å². The summed E-state index contributed by atoms with van der Waals surface area (Å²) < 4.78 is 13.3. The number of aryl methyl sites for hydroxylation is 2. The molecule has 1 N–H and O–H groups in total. The second-order valence-corrected chi connectivity index (χ2v) is 7.81. The van der Waals surface area contributed by atoms with E-state index in [4.69, 9.17) is 0 Å². The Bertz CT molecular complexity index is 828. The van der Waals surface area contributed by atoms with E-state index in [0.717, 1.165) is 28.7 Å². The number of carbonyl (C=O) groups is 2. The van der Waals surface area contributed by atoms with E-state index in [1.165, 1.54) is 12.1 Å².